The minimum atomic E-state index is -3.67. The number of thiophene rings is 1. The minimum Gasteiger partial charge on any atom is -0.468 e. The molecule has 1 aromatic carbocycles. The number of hydrogen-bond donors (Lipinski definition) is 1. The molecule has 6 nitrogen and oxygen atoms in total. The summed E-state index contributed by atoms with van der Waals surface area (Å²) in [6.45, 7) is 0.576. The summed E-state index contributed by atoms with van der Waals surface area (Å²) in [6, 6.07) is 11.2. The van der Waals surface area contributed by atoms with Gasteiger partial charge in [0.05, 0.1) is 17.7 Å². The van der Waals surface area contributed by atoms with Crippen LogP contribution >= 0.6 is 11.3 Å². The number of benzene rings is 1. The largest absolute Gasteiger partial charge is 0.468 e. The van der Waals surface area contributed by atoms with Crippen molar-refractivity contribution in [3.8, 4) is 0 Å². The van der Waals surface area contributed by atoms with Crippen LogP contribution in [-0.4, -0.2) is 26.3 Å². The third-order valence-corrected chi connectivity index (χ3v) is 5.92. The quantitative estimate of drug-likeness (QED) is 0.672. The highest BCUT2D eigenvalue weighted by molar-refractivity contribution is 7.89. The molecule has 0 spiro atoms. The van der Waals surface area contributed by atoms with Crippen LogP contribution in [0.4, 0.5) is 0 Å². The Bertz CT molecular complexity index is 947. The summed E-state index contributed by atoms with van der Waals surface area (Å²) in [5.74, 6) is 0.360. The predicted octanol–water partition coefficient (Wildman–Crippen LogP) is 3.09. The first-order valence-electron chi connectivity index (χ1n) is 7.84. The van der Waals surface area contributed by atoms with E-state index in [0.717, 1.165) is 5.56 Å². The highest BCUT2D eigenvalue weighted by atomic mass is 32.2. The third-order valence-electron chi connectivity index (χ3n) is 3.77. The molecule has 0 aliphatic carbocycles. The molecular formula is C18H18N2O4S2. The van der Waals surface area contributed by atoms with E-state index in [9.17, 15) is 13.2 Å². The van der Waals surface area contributed by atoms with Gasteiger partial charge in [0.2, 0.25) is 10.0 Å². The van der Waals surface area contributed by atoms with Crippen LogP contribution in [0.3, 0.4) is 0 Å². The number of carbonyl (C=O) groups is 1. The zero-order valence-corrected chi connectivity index (χ0v) is 15.7. The van der Waals surface area contributed by atoms with Gasteiger partial charge in [-0.1, -0.05) is 0 Å². The minimum absolute atomic E-state index is 0.0688. The van der Waals surface area contributed by atoms with E-state index >= 15 is 0 Å². The third kappa shape index (κ3) is 4.40. The van der Waals surface area contributed by atoms with Crippen LogP contribution in [0.5, 0.6) is 0 Å². The number of furan rings is 1. The Morgan fingerprint density at radius 2 is 1.96 bits per heavy atom. The van der Waals surface area contributed by atoms with Crippen molar-refractivity contribution in [1.82, 2.24) is 9.62 Å². The molecule has 1 N–H and O–H groups in total. The number of nitrogens with zero attached hydrogens (tertiary/aromatic N) is 1. The zero-order chi connectivity index (χ0) is 18.6. The molecule has 3 aromatic rings. The normalized spacial score (nSPS) is 11.4. The van der Waals surface area contributed by atoms with Gasteiger partial charge in [-0.3, -0.25) is 4.79 Å². The summed E-state index contributed by atoms with van der Waals surface area (Å²) in [4.78, 5) is 14.2. The van der Waals surface area contributed by atoms with Crippen LogP contribution in [0, 0.1) is 0 Å². The SMILES string of the molecule is CN(Cc1ccsc1)C(=O)c1ccc(S(=O)(=O)NCc2ccco2)cc1. The lowest BCUT2D eigenvalue weighted by atomic mass is 10.2. The van der Waals surface area contributed by atoms with Crippen LogP contribution < -0.4 is 4.72 Å². The van der Waals surface area contributed by atoms with E-state index in [1.807, 2.05) is 16.8 Å². The lowest BCUT2D eigenvalue weighted by Crippen LogP contribution is -2.26. The van der Waals surface area contributed by atoms with Gasteiger partial charge in [0, 0.05) is 19.2 Å². The van der Waals surface area contributed by atoms with E-state index in [2.05, 4.69) is 4.72 Å². The fourth-order valence-corrected chi connectivity index (χ4v) is 4.04. The molecule has 1 amide bonds. The molecule has 0 aliphatic heterocycles. The van der Waals surface area contributed by atoms with Crippen molar-refractivity contribution in [3.63, 3.8) is 0 Å². The molecule has 26 heavy (non-hydrogen) atoms. The van der Waals surface area contributed by atoms with Gasteiger partial charge in [0.25, 0.3) is 5.91 Å². The number of rotatable bonds is 7. The lowest BCUT2D eigenvalue weighted by Gasteiger charge is -2.16. The van der Waals surface area contributed by atoms with Gasteiger partial charge in [-0.15, -0.1) is 0 Å². The van der Waals surface area contributed by atoms with Gasteiger partial charge >= 0.3 is 0 Å². The van der Waals surface area contributed by atoms with Crippen molar-refractivity contribution in [2.75, 3.05) is 7.05 Å². The van der Waals surface area contributed by atoms with Crippen molar-refractivity contribution in [1.29, 1.82) is 0 Å². The smallest absolute Gasteiger partial charge is 0.253 e. The van der Waals surface area contributed by atoms with Crippen molar-refractivity contribution in [2.45, 2.75) is 18.0 Å². The molecule has 2 heterocycles. The molecule has 0 fully saturated rings. The van der Waals surface area contributed by atoms with Crippen molar-refractivity contribution < 1.29 is 17.6 Å². The van der Waals surface area contributed by atoms with Gasteiger partial charge < -0.3 is 9.32 Å². The van der Waals surface area contributed by atoms with E-state index in [1.54, 1.807) is 35.4 Å². The molecule has 0 radical (unpaired) electrons. The maximum Gasteiger partial charge on any atom is 0.253 e. The monoisotopic (exact) mass is 390 g/mol. The topological polar surface area (TPSA) is 79.6 Å². The fourth-order valence-electron chi connectivity index (χ4n) is 2.39. The Balaban J connectivity index is 1.66. The van der Waals surface area contributed by atoms with Crippen LogP contribution in [0.15, 0.2) is 68.8 Å². The Labute approximate surface area is 156 Å². The first kappa shape index (κ1) is 18.4. The summed E-state index contributed by atoms with van der Waals surface area (Å²) in [7, 11) is -1.96. The van der Waals surface area contributed by atoms with Gasteiger partial charge in [-0.05, 0) is 58.8 Å². The highest BCUT2D eigenvalue weighted by Gasteiger charge is 2.17. The Morgan fingerprint density at radius 3 is 2.58 bits per heavy atom. The van der Waals surface area contributed by atoms with E-state index in [-0.39, 0.29) is 17.3 Å². The summed E-state index contributed by atoms with van der Waals surface area (Å²) in [5.41, 5.74) is 1.50. The molecule has 0 saturated heterocycles. The van der Waals surface area contributed by atoms with E-state index in [0.29, 0.717) is 17.9 Å². The lowest BCUT2D eigenvalue weighted by molar-refractivity contribution is 0.0785. The number of carbonyl (C=O) groups excluding carboxylic acids is 1. The highest BCUT2D eigenvalue weighted by Crippen LogP contribution is 2.15. The number of nitrogens with one attached hydrogen (secondary N) is 1. The molecule has 0 atom stereocenters. The van der Waals surface area contributed by atoms with E-state index in [1.165, 1.54) is 30.5 Å². The second kappa shape index (κ2) is 7.86. The maximum absolute atomic E-state index is 12.5. The summed E-state index contributed by atoms with van der Waals surface area (Å²) in [6.07, 6.45) is 1.48. The Morgan fingerprint density at radius 1 is 1.19 bits per heavy atom. The first-order valence-corrected chi connectivity index (χ1v) is 10.3. The molecule has 8 heteroatoms. The molecule has 3 rings (SSSR count). The molecular weight excluding hydrogens is 372 g/mol. The average Bonchev–Trinajstić information content (AvgIpc) is 3.33. The van der Waals surface area contributed by atoms with Crippen molar-refractivity contribution in [2.24, 2.45) is 0 Å². The van der Waals surface area contributed by atoms with Crippen LogP contribution in [-0.2, 0) is 23.1 Å². The summed E-state index contributed by atoms with van der Waals surface area (Å²) < 4.78 is 32.2. The standard InChI is InChI=1S/C18H18N2O4S2/c1-20(12-14-8-10-25-13-14)18(21)15-4-6-17(7-5-15)26(22,23)19-11-16-3-2-9-24-16/h2-10,13,19H,11-12H2,1H3. The van der Waals surface area contributed by atoms with Gasteiger partial charge in [0.15, 0.2) is 0 Å². The van der Waals surface area contributed by atoms with Crippen LogP contribution in [0.1, 0.15) is 21.7 Å². The molecule has 2 aromatic heterocycles. The van der Waals surface area contributed by atoms with E-state index < -0.39 is 10.0 Å². The zero-order valence-electron chi connectivity index (χ0n) is 14.1. The maximum atomic E-state index is 12.5. The summed E-state index contributed by atoms with van der Waals surface area (Å²) in [5, 5.41) is 3.95. The molecule has 0 saturated carbocycles. The van der Waals surface area contributed by atoms with E-state index in [4.69, 9.17) is 4.42 Å². The van der Waals surface area contributed by atoms with Crippen molar-refractivity contribution in [3.05, 3.63) is 76.4 Å². The van der Waals surface area contributed by atoms with Gasteiger partial charge in [0.1, 0.15) is 5.76 Å². The number of hydrogen-bond acceptors (Lipinski definition) is 5. The molecule has 0 bridgehead atoms. The van der Waals surface area contributed by atoms with Crippen molar-refractivity contribution >= 4 is 27.3 Å². The summed E-state index contributed by atoms with van der Waals surface area (Å²) >= 11 is 1.58. The fraction of sp³-hybridized carbons (Fsp3) is 0.167. The van der Waals surface area contributed by atoms with Crippen LogP contribution in [0.25, 0.3) is 0 Å². The van der Waals surface area contributed by atoms with Crippen LogP contribution in [0.2, 0.25) is 0 Å². The number of sulfonamides is 1. The predicted molar refractivity (Wildman–Crippen MR) is 99.3 cm³/mol. The molecule has 136 valence electrons. The molecule has 0 aliphatic rings. The first-order chi connectivity index (χ1) is 12.5. The van der Waals surface area contributed by atoms with Gasteiger partial charge in [-0.25, -0.2) is 13.1 Å². The Hall–Kier alpha value is -2.42. The average molecular weight is 390 g/mol. The molecule has 0 unspecified atom stereocenters. The Kier molecular flexibility index (Phi) is 5.55. The second-order valence-corrected chi connectivity index (χ2v) is 8.27. The second-order valence-electron chi connectivity index (χ2n) is 5.72. The van der Waals surface area contributed by atoms with Gasteiger partial charge in [-0.2, -0.15) is 11.3 Å². The number of amides is 1.